The summed E-state index contributed by atoms with van der Waals surface area (Å²) in [6.07, 6.45) is -4.25. The normalized spacial score (nSPS) is 12.2. The number of carbonyl (C=O) groups is 5. The number of hydrogen-bond donors (Lipinski definition) is 0. The first-order valence-electron chi connectivity index (χ1n) is 13.5. The summed E-state index contributed by atoms with van der Waals surface area (Å²) in [7, 11) is 0. The summed E-state index contributed by atoms with van der Waals surface area (Å²) in [6, 6.07) is 9.49. The summed E-state index contributed by atoms with van der Waals surface area (Å²) in [5, 5.41) is 0.449. The Bertz CT molecular complexity index is 1330. The van der Waals surface area contributed by atoms with Gasteiger partial charge in [-0.1, -0.05) is 35.4 Å². The molecule has 12 nitrogen and oxygen atoms in total. The van der Waals surface area contributed by atoms with Crippen LogP contribution in [0.3, 0.4) is 0 Å². The highest BCUT2D eigenvalue weighted by Crippen LogP contribution is 2.29. The summed E-state index contributed by atoms with van der Waals surface area (Å²) in [6.45, 7) is 9.89. The van der Waals surface area contributed by atoms with Crippen molar-refractivity contribution in [3.8, 4) is 5.75 Å². The van der Waals surface area contributed by atoms with Gasteiger partial charge in [0.25, 0.3) is 11.8 Å². The maximum Gasteiger partial charge on any atom is 0.534 e. The van der Waals surface area contributed by atoms with Crippen LogP contribution in [-0.2, 0) is 40.0 Å². The fraction of sp³-hybridized carbons (Fsp3) is 0.414. The number of halogens is 5. The second-order valence-corrected chi connectivity index (χ2v) is 9.70. The molecule has 254 valence electrons. The fourth-order valence-electron chi connectivity index (χ4n) is 2.86. The van der Waals surface area contributed by atoms with Crippen molar-refractivity contribution >= 4 is 30.3 Å². The lowest BCUT2D eigenvalue weighted by Gasteiger charge is -2.13. The van der Waals surface area contributed by atoms with Crippen molar-refractivity contribution in [3.63, 3.8) is 0 Å². The zero-order chi connectivity index (χ0) is 35.1. The molecule has 0 bridgehead atoms. The highest BCUT2D eigenvalue weighted by molar-refractivity contribution is 6.01. The molecule has 0 unspecified atom stereocenters. The molecule has 0 saturated carbocycles. The Morgan fingerprint density at radius 1 is 0.652 bits per heavy atom. The smallest absolute Gasteiger partial charge is 0.432 e. The van der Waals surface area contributed by atoms with Gasteiger partial charge in [-0.05, 0) is 47.1 Å². The minimum Gasteiger partial charge on any atom is -0.432 e. The average molecular weight is 666 g/mol. The molecular formula is C29H32F5NO11. The summed E-state index contributed by atoms with van der Waals surface area (Å²) in [4.78, 5) is 59.2. The second kappa shape index (κ2) is 18.8. The van der Waals surface area contributed by atoms with Gasteiger partial charge in [0.2, 0.25) is 34.8 Å². The van der Waals surface area contributed by atoms with Gasteiger partial charge >= 0.3 is 18.5 Å². The standard InChI is InChI=1S/C11H14O3.C10H7F5O3.C8H11NO5/c1-9(2)14-11(12)13-8-10-6-4-3-5-7-10;1-3(2)17-10(16)18-9-7(14)5(12)4(11)6(13)8(9)15;1-5(2)13-8(12)14-9-6(10)3-4-7(9)11/h3-7,9H,8H2,1-2H3;3H,1-2H3;5H,3-4H2,1-2H3. The zero-order valence-corrected chi connectivity index (χ0v) is 25.6. The molecule has 0 radical (unpaired) electrons. The number of rotatable bonds is 7. The molecule has 1 fully saturated rings. The third-order valence-corrected chi connectivity index (χ3v) is 4.72. The van der Waals surface area contributed by atoms with Gasteiger partial charge < -0.3 is 23.7 Å². The Balaban J connectivity index is 0.000000349. The minimum absolute atomic E-state index is 0.0772. The number of benzene rings is 2. The van der Waals surface area contributed by atoms with Crippen LogP contribution in [0.5, 0.6) is 5.75 Å². The summed E-state index contributed by atoms with van der Waals surface area (Å²) in [5.41, 5.74) is 0.952. The van der Waals surface area contributed by atoms with Gasteiger partial charge in [-0.2, -0.15) is 8.78 Å². The highest BCUT2D eigenvalue weighted by atomic mass is 19.2. The number of hydrogen-bond acceptors (Lipinski definition) is 11. The van der Waals surface area contributed by atoms with E-state index in [1.807, 2.05) is 30.3 Å². The van der Waals surface area contributed by atoms with E-state index in [1.165, 1.54) is 13.8 Å². The van der Waals surface area contributed by atoms with E-state index >= 15 is 0 Å². The molecule has 0 atom stereocenters. The van der Waals surface area contributed by atoms with E-state index in [9.17, 15) is 45.9 Å². The van der Waals surface area contributed by atoms with Gasteiger partial charge in [0.1, 0.15) is 6.61 Å². The van der Waals surface area contributed by atoms with Crippen molar-refractivity contribution in [2.24, 2.45) is 0 Å². The molecule has 0 N–H and O–H groups in total. The van der Waals surface area contributed by atoms with E-state index in [2.05, 4.69) is 19.0 Å². The third-order valence-electron chi connectivity index (χ3n) is 4.72. The molecule has 3 rings (SSSR count). The van der Waals surface area contributed by atoms with Crippen molar-refractivity contribution in [1.82, 2.24) is 5.06 Å². The molecule has 46 heavy (non-hydrogen) atoms. The first-order chi connectivity index (χ1) is 21.4. The van der Waals surface area contributed by atoms with Gasteiger partial charge in [-0.3, -0.25) is 14.4 Å². The Hall–Kier alpha value is -4.96. The van der Waals surface area contributed by atoms with E-state index in [0.29, 0.717) is 5.06 Å². The predicted molar refractivity (Wildman–Crippen MR) is 145 cm³/mol. The molecule has 17 heteroatoms. The zero-order valence-electron chi connectivity index (χ0n) is 25.6. The van der Waals surface area contributed by atoms with E-state index < -0.39 is 71.2 Å². The van der Waals surface area contributed by atoms with Gasteiger partial charge in [-0.15, -0.1) is 0 Å². The minimum atomic E-state index is -2.34. The van der Waals surface area contributed by atoms with Crippen LogP contribution >= 0.6 is 0 Å². The Morgan fingerprint density at radius 2 is 1.07 bits per heavy atom. The van der Waals surface area contributed by atoms with Gasteiger partial charge in [-0.25, -0.2) is 27.6 Å². The number of ether oxygens (including phenoxy) is 5. The van der Waals surface area contributed by atoms with Crippen LogP contribution in [0.25, 0.3) is 0 Å². The number of imide groups is 1. The number of hydroxylamine groups is 2. The molecule has 1 heterocycles. The van der Waals surface area contributed by atoms with Gasteiger partial charge in [0.15, 0.2) is 0 Å². The van der Waals surface area contributed by atoms with Crippen molar-refractivity contribution in [2.75, 3.05) is 0 Å². The van der Waals surface area contributed by atoms with Crippen LogP contribution in [0, 0.1) is 29.1 Å². The number of nitrogens with zero attached hydrogens (tertiary/aromatic N) is 1. The maximum atomic E-state index is 13.0. The summed E-state index contributed by atoms with van der Waals surface area (Å²) < 4.78 is 86.8. The molecule has 0 aromatic heterocycles. The van der Waals surface area contributed by atoms with Gasteiger partial charge in [0, 0.05) is 12.8 Å². The maximum absolute atomic E-state index is 13.0. The number of amides is 2. The van der Waals surface area contributed by atoms with Crippen LogP contribution in [0.2, 0.25) is 0 Å². The lowest BCUT2D eigenvalue weighted by molar-refractivity contribution is -0.178. The third kappa shape index (κ3) is 13.4. The Morgan fingerprint density at radius 3 is 1.52 bits per heavy atom. The predicted octanol–water partition coefficient (Wildman–Crippen LogP) is 6.67. The van der Waals surface area contributed by atoms with Gasteiger partial charge in [0.05, 0.1) is 18.3 Å². The van der Waals surface area contributed by atoms with Crippen LogP contribution in [0.1, 0.15) is 59.9 Å². The fourth-order valence-corrected chi connectivity index (χ4v) is 2.86. The lowest BCUT2D eigenvalue weighted by Crippen LogP contribution is -2.33. The van der Waals surface area contributed by atoms with Crippen LogP contribution in [-0.4, -0.2) is 53.7 Å². The van der Waals surface area contributed by atoms with E-state index in [1.54, 1.807) is 27.7 Å². The largest absolute Gasteiger partial charge is 0.534 e. The van der Waals surface area contributed by atoms with E-state index in [0.717, 1.165) is 5.56 Å². The molecule has 0 aliphatic carbocycles. The quantitative estimate of drug-likeness (QED) is 0.0595. The highest BCUT2D eigenvalue weighted by Gasteiger charge is 2.33. The topological polar surface area (TPSA) is 144 Å². The summed E-state index contributed by atoms with van der Waals surface area (Å²) >= 11 is 0. The molecule has 1 saturated heterocycles. The van der Waals surface area contributed by atoms with Crippen LogP contribution in [0.4, 0.5) is 36.3 Å². The van der Waals surface area contributed by atoms with E-state index in [-0.39, 0.29) is 31.7 Å². The molecule has 1 aliphatic rings. The number of carbonyl (C=O) groups excluding carboxylic acids is 5. The van der Waals surface area contributed by atoms with Crippen molar-refractivity contribution in [1.29, 1.82) is 0 Å². The van der Waals surface area contributed by atoms with Crippen LogP contribution < -0.4 is 4.74 Å². The monoisotopic (exact) mass is 665 g/mol. The van der Waals surface area contributed by atoms with Crippen molar-refractivity contribution in [2.45, 2.75) is 79.3 Å². The molecule has 0 spiro atoms. The lowest BCUT2D eigenvalue weighted by atomic mass is 10.2. The first-order valence-corrected chi connectivity index (χ1v) is 13.5. The Kier molecular flexibility index (Phi) is 15.9. The molecule has 2 amide bonds. The van der Waals surface area contributed by atoms with E-state index in [4.69, 9.17) is 9.47 Å². The Labute approximate surface area is 260 Å². The van der Waals surface area contributed by atoms with Crippen molar-refractivity contribution in [3.05, 3.63) is 65.0 Å². The average Bonchev–Trinajstić information content (AvgIpc) is 3.28. The first kappa shape index (κ1) is 39.1. The SMILES string of the molecule is CC(C)OC(=O)OCc1ccccc1.CC(C)OC(=O)ON1C(=O)CCC1=O.CC(C)OC(=O)Oc1c(F)c(F)c(F)c(F)c1F. The molecule has 2 aromatic rings. The molecular weight excluding hydrogens is 633 g/mol. The second-order valence-electron chi connectivity index (χ2n) is 9.70. The summed E-state index contributed by atoms with van der Waals surface area (Å²) in [5.74, 6) is -14.0. The molecule has 1 aliphatic heterocycles. The van der Waals surface area contributed by atoms with Crippen molar-refractivity contribution < 1.29 is 74.4 Å². The van der Waals surface area contributed by atoms with Crippen LogP contribution in [0.15, 0.2) is 30.3 Å². The molecule has 2 aromatic carbocycles.